The Morgan fingerprint density at radius 3 is 1.37 bits per heavy atom. The molecule has 0 saturated carbocycles. The van der Waals surface area contributed by atoms with Crippen molar-refractivity contribution in [2.24, 2.45) is 0 Å². The van der Waals surface area contributed by atoms with Crippen LogP contribution in [0.25, 0.3) is 66.1 Å². The van der Waals surface area contributed by atoms with Gasteiger partial charge < -0.3 is 4.90 Å². The van der Waals surface area contributed by atoms with Crippen LogP contribution in [0.3, 0.4) is 0 Å². The third kappa shape index (κ3) is 5.75. The maximum Gasteiger partial charge on any atom is 0.0540 e. The lowest BCUT2D eigenvalue weighted by atomic mass is 9.93. The molecule has 9 aromatic rings. The Labute approximate surface area is 299 Å². The molecule has 0 bridgehead atoms. The van der Waals surface area contributed by atoms with Crippen molar-refractivity contribution < 1.29 is 0 Å². The summed E-state index contributed by atoms with van der Waals surface area (Å²) in [4.78, 5) is 2.46. The monoisotopic (exact) mass is 649 g/mol. The van der Waals surface area contributed by atoms with Crippen molar-refractivity contribution >= 4 is 38.6 Å². The maximum absolute atomic E-state index is 2.46. The molecule has 0 fully saturated rings. The van der Waals surface area contributed by atoms with Crippen LogP contribution >= 0.6 is 0 Å². The molecule has 0 aliphatic heterocycles. The molecule has 1 nitrogen and oxygen atoms in total. The Morgan fingerprint density at radius 2 is 0.647 bits per heavy atom. The van der Waals surface area contributed by atoms with Gasteiger partial charge in [-0.1, -0.05) is 188 Å². The molecule has 0 N–H and O–H groups in total. The summed E-state index contributed by atoms with van der Waals surface area (Å²) in [7, 11) is 0. The highest BCUT2D eigenvalue weighted by molar-refractivity contribution is 6.04. The van der Waals surface area contributed by atoms with Gasteiger partial charge in [-0.15, -0.1) is 0 Å². The van der Waals surface area contributed by atoms with Crippen LogP contribution in [0.1, 0.15) is 0 Å². The maximum atomic E-state index is 2.46. The van der Waals surface area contributed by atoms with Crippen LogP contribution in [0.15, 0.2) is 212 Å². The Bertz CT molecular complexity index is 2630. The number of para-hydroxylation sites is 2. The molecule has 9 aromatic carbocycles. The van der Waals surface area contributed by atoms with Gasteiger partial charge in [-0.25, -0.2) is 0 Å². The van der Waals surface area contributed by atoms with Crippen LogP contribution < -0.4 is 4.90 Å². The van der Waals surface area contributed by atoms with E-state index in [1.807, 2.05) is 0 Å². The smallest absolute Gasteiger partial charge is 0.0540 e. The van der Waals surface area contributed by atoms with Gasteiger partial charge >= 0.3 is 0 Å². The van der Waals surface area contributed by atoms with Gasteiger partial charge in [0.25, 0.3) is 0 Å². The Morgan fingerprint density at radius 1 is 0.235 bits per heavy atom. The average Bonchev–Trinajstić information content (AvgIpc) is 3.22. The highest BCUT2D eigenvalue weighted by atomic mass is 15.1. The Hall–Kier alpha value is -6.70. The van der Waals surface area contributed by atoms with E-state index in [9.17, 15) is 0 Å². The second kappa shape index (κ2) is 13.3. The predicted octanol–water partition coefficient (Wildman–Crippen LogP) is 14.1. The minimum Gasteiger partial charge on any atom is -0.309 e. The van der Waals surface area contributed by atoms with Gasteiger partial charge in [-0.2, -0.15) is 0 Å². The molecular weight excluding hydrogens is 615 g/mol. The van der Waals surface area contributed by atoms with E-state index in [-0.39, 0.29) is 0 Å². The first-order valence-electron chi connectivity index (χ1n) is 17.5. The molecule has 1 heteroatoms. The van der Waals surface area contributed by atoms with Crippen LogP contribution in [0, 0.1) is 0 Å². The molecule has 0 unspecified atom stereocenters. The summed E-state index contributed by atoms with van der Waals surface area (Å²) in [6, 6.07) is 76.7. The van der Waals surface area contributed by atoms with Crippen molar-refractivity contribution in [2.45, 2.75) is 0 Å². The van der Waals surface area contributed by atoms with Crippen molar-refractivity contribution in [1.82, 2.24) is 0 Å². The summed E-state index contributed by atoms with van der Waals surface area (Å²) in [5.74, 6) is 0. The van der Waals surface area contributed by atoms with Crippen LogP contribution in [-0.2, 0) is 0 Å². The number of anilines is 3. The summed E-state index contributed by atoms with van der Waals surface area (Å²) in [6.07, 6.45) is 0. The fraction of sp³-hybridized carbons (Fsp3) is 0. The quantitative estimate of drug-likeness (QED) is 0.166. The van der Waals surface area contributed by atoms with Crippen molar-refractivity contribution in [2.75, 3.05) is 4.90 Å². The van der Waals surface area contributed by atoms with Crippen LogP contribution in [-0.4, -0.2) is 0 Å². The van der Waals surface area contributed by atoms with Gasteiger partial charge in [-0.3, -0.25) is 0 Å². The first-order valence-corrected chi connectivity index (χ1v) is 17.5. The second-order valence-electron chi connectivity index (χ2n) is 12.9. The molecule has 0 radical (unpaired) electrons. The minimum atomic E-state index is 1.12. The van der Waals surface area contributed by atoms with Gasteiger partial charge in [0.1, 0.15) is 0 Å². The van der Waals surface area contributed by atoms with Crippen molar-refractivity contribution in [1.29, 1.82) is 0 Å². The van der Waals surface area contributed by atoms with E-state index in [0.717, 1.165) is 17.1 Å². The van der Waals surface area contributed by atoms with Gasteiger partial charge in [0.2, 0.25) is 0 Å². The van der Waals surface area contributed by atoms with E-state index in [0.29, 0.717) is 0 Å². The fourth-order valence-electron chi connectivity index (χ4n) is 7.42. The lowest BCUT2D eigenvalue weighted by Gasteiger charge is -2.31. The molecule has 0 aliphatic carbocycles. The summed E-state index contributed by atoms with van der Waals surface area (Å²) in [5, 5.41) is 4.92. The first-order chi connectivity index (χ1) is 25.3. The standard InChI is InChI=1S/C50H35N/c1-2-15-36(16-3-1)37-31-33-40(34-32-37)46-25-8-10-28-48(46)51(50-30-14-20-39-18-5-7-24-45(39)50)49-29-11-9-26-47(49)42-22-12-21-41(35-42)44-27-13-19-38-17-4-6-23-43(38)44/h1-35H. The van der Waals surface area contributed by atoms with Crippen LogP contribution in [0.2, 0.25) is 0 Å². The normalized spacial score (nSPS) is 11.1. The first kappa shape index (κ1) is 30.4. The third-order valence-corrected chi connectivity index (χ3v) is 9.87. The number of hydrogen-bond acceptors (Lipinski definition) is 1. The van der Waals surface area contributed by atoms with Gasteiger partial charge in [0.15, 0.2) is 0 Å². The highest BCUT2D eigenvalue weighted by Gasteiger charge is 2.22. The second-order valence-corrected chi connectivity index (χ2v) is 12.9. The zero-order valence-corrected chi connectivity index (χ0v) is 28.2. The molecular formula is C50H35N. The molecule has 0 aliphatic rings. The lowest BCUT2D eigenvalue weighted by Crippen LogP contribution is -2.13. The molecule has 51 heavy (non-hydrogen) atoms. The Kier molecular flexibility index (Phi) is 7.92. The van der Waals surface area contributed by atoms with E-state index in [2.05, 4.69) is 217 Å². The van der Waals surface area contributed by atoms with E-state index in [1.165, 1.54) is 66.1 Å². The molecule has 0 saturated heterocycles. The van der Waals surface area contributed by atoms with Crippen LogP contribution in [0.4, 0.5) is 17.1 Å². The van der Waals surface area contributed by atoms with E-state index >= 15 is 0 Å². The fourth-order valence-corrected chi connectivity index (χ4v) is 7.42. The zero-order chi connectivity index (χ0) is 34.0. The lowest BCUT2D eigenvalue weighted by molar-refractivity contribution is 1.30. The third-order valence-electron chi connectivity index (χ3n) is 9.87. The number of fused-ring (bicyclic) bond motifs is 2. The largest absolute Gasteiger partial charge is 0.309 e. The van der Waals surface area contributed by atoms with Crippen molar-refractivity contribution in [3.8, 4) is 44.5 Å². The molecule has 0 spiro atoms. The average molecular weight is 650 g/mol. The number of benzene rings is 9. The van der Waals surface area contributed by atoms with E-state index in [4.69, 9.17) is 0 Å². The molecule has 0 atom stereocenters. The molecule has 0 amide bonds. The molecule has 0 aromatic heterocycles. The zero-order valence-electron chi connectivity index (χ0n) is 28.2. The summed E-state index contributed by atoms with van der Waals surface area (Å²) in [6.45, 7) is 0. The van der Waals surface area contributed by atoms with Crippen molar-refractivity contribution in [3.63, 3.8) is 0 Å². The molecule has 0 heterocycles. The predicted molar refractivity (Wildman–Crippen MR) is 218 cm³/mol. The van der Waals surface area contributed by atoms with Gasteiger partial charge in [0.05, 0.1) is 17.1 Å². The SMILES string of the molecule is c1ccc(-c2ccc(-c3ccccc3N(c3ccccc3-c3cccc(-c4cccc5ccccc45)c3)c3cccc4ccccc34)cc2)cc1. The van der Waals surface area contributed by atoms with Crippen LogP contribution in [0.5, 0.6) is 0 Å². The highest BCUT2D eigenvalue weighted by Crippen LogP contribution is 2.47. The number of hydrogen-bond donors (Lipinski definition) is 0. The van der Waals surface area contributed by atoms with E-state index in [1.54, 1.807) is 0 Å². The Balaban J connectivity index is 1.24. The number of rotatable bonds is 7. The van der Waals surface area contributed by atoms with Gasteiger partial charge in [0, 0.05) is 16.5 Å². The molecule has 240 valence electrons. The van der Waals surface area contributed by atoms with Gasteiger partial charge in [-0.05, 0) is 73.8 Å². The number of nitrogens with zero attached hydrogens (tertiary/aromatic N) is 1. The topological polar surface area (TPSA) is 3.24 Å². The minimum absolute atomic E-state index is 1.12. The summed E-state index contributed by atoms with van der Waals surface area (Å²) in [5.41, 5.74) is 12.9. The summed E-state index contributed by atoms with van der Waals surface area (Å²) < 4.78 is 0. The summed E-state index contributed by atoms with van der Waals surface area (Å²) >= 11 is 0. The van der Waals surface area contributed by atoms with E-state index < -0.39 is 0 Å². The van der Waals surface area contributed by atoms with Crippen molar-refractivity contribution in [3.05, 3.63) is 212 Å². The molecule has 9 rings (SSSR count).